The summed E-state index contributed by atoms with van der Waals surface area (Å²) in [5.74, 6) is 1.15. The zero-order valence-electron chi connectivity index (χ0n) is 11.9. The van der Waals surface area contributed by atoms with Crippen LogP contribution in [0.3, 0.4) is 0 Å². The van der Waals surface area contributed by atoms with E-state index in [9.17, 15) is 4.79 Å². The Balaban J connectivity index is 1.85. The van der Waals surface area contributed by atoms with E-state index in [2.05, 4.69) is 25.9 Å². The van der Waals surface area contributed by atoms with Crippen LogP contribution >= 0.6 is 27.7 Å². The first-order valence-corrected chi connectivity index (χ1v) is 8.57. The number of nitrogens with zero attached hydrogens (tertiary/aromatic N) is 2. The number of Topliss-reactive ketones (excluding diaryl/α,β-unsaturated/α-hetero) is 1. The normalized spacial score (nSPS) is 10.8. The van der Waals surface area contributed by atoms with Crippen LogP contribution in [0.25, 0.3) is 10.9 Å². The number of aromatic nitrogens is 2. The van der Waals surface area contributed by atoms with Crippen LogP contribution in [0.2, 0.25) is 0 Å². The molecule has 0 aliphatic heterocycles. The molecule has 0 saturated heterocycles. The number of aryl methyl sites for hydroxylation is 1. The number of rotatable bonds is 4. The largest absolute Gasteiger partial charge is 0.293 e. The Labute approximate surface area is 141 Å². The lowest BCUT2D eigenvalue weighted by Gasteiger charge is -2.07. The minimum Gasteiger partial charge on any atom is -0.293 e. The summed E-state index contributed by atoms with van der Waals surface area (Å²) in [6, 6.07) is 15.3. The quantitative estimate of drug-likeness (QED) is 0.379. The van der Waals surface area contributed by atoms with Gasteiger partial charge in [-0.3, -0.25) is 4.79 Å². The molecule has 0 saturated carbocycles. The van der Waals surface area contributed by atoms with E-state index >= 15 is 0 Å². The molecular weight excluding hydrogens is 360 g/mol. The summed E-state index contributed by atoms with van der Waals surface area (Å²) >= 11 is 4.87. The molecule has 5 heteroatoms. The molecule has 3 nitrogen and oxygen atoms in total. The number of ketones is 1. The molecule has 0 radical (unpaired) electrons. The average molecular weight is 373 g/mol. The van der Waals surface area contributed by atoms with Crippen LogP contribution in [0.4, 0.5) is 0 Å². The van der Waals surface area contributed by atoms with Gasteiger partial charge < -0.3 is 0 Å². The predicted molar refractivity (Wildman–Crippen MR) is 93.5 cm³/mol. The number of carbonyl (C=O) groups excluding carboxylic acids is 1. The third kappa shape index (κ3) is 3.20. The third-order valence-electron chi connectivity index (χ3n) is 3.19. The molecule has 0 spiro atoms. The summed E-state index contributed by atoms with van der Waals surface area (Å²) in [5.41, 5.74) is 1.61. The van der Waals surface area contributed by atoms with Gasteiger partial charge in [0.25, 0.3) is 0 Å². The van der Waals surface area contributed by atoms with Crippen LogP contribution < -0.4 is 0 Å². The van der Waals surface area contributed by atoms with Gasteiger partial charge >= 0.3 is 0 Å². The number of thioether (sulfide) groups is 1. The monoisotopic (exact) mass is 372 g/mol. The van der Waals surface area contributed by atoms with Crippen molar-refractivity contribution in [1.82, 2.24) is 9.97 Å². The number of benzene rings is 2. The Hall–Kier alpha value is -1.72. The van der Waals surface area contributed by atoms with Crippen molar-refractivity contribution in [2.24, 2.45) is 0 Å². The highest BCUT2D eigenvalue weighted by atomic mass is 79.9. The van der Waals surface area contributed by atoms with Gasteiger partial charge in [0, 0.05) is 15.4 Å². The Morgan fingerprint density at radius 2 is 1.82 bits per heavy atom. The molecule has 0 bridgehead atoms. The Bertz CT molecular complexity index is 851. The molecule has 22 heavy (non-hydrogen) atoms. The maximum Gasteiger partial charge on any atom is 0.174 e. The van der Waals surface area contributed by atoms with Crippen LogP contribution in [-0.4, -0.2) is 21.5 Å². The van der Waals surface area contributed by atoms with E-state index in [-0.39, 0.29) is 5.78 Å². The van der Waals surface area contributed by atoms with Crippen LogP contribution in [-0.2, 0) is 0 Å². The minimum absolute atomic E-state index is 0.0813. The Kier molecular flexibility index (Phi) is 4.55. The van der Waals surface area contributed by atoms with Gasteiger partial charge in [-0.25, -0.2) is 9.97 Å². The first-order chi connectivity index (χ1) is 10.6. The van der Waals surface area contributed by atoms with E-state index in [1.54, 1.807) is 0 Å². The number of hydrogen-bond acceptors (Lipinski definition) is 4. The molecule has 3 rings (SSSR count). The lowest BCUT2D eigenvalue weighted by molar-refractivity contribution is 0.102. The van der Waals surface area contributed by atoms with E-state index in [1.165, 1.54) is 11.8 Å². The zero-order valence-corrected chi connectivity index (χ0v) is 14.3. The van der Waals surface area contributed by atoms with Crippen molar-refractivity contribution in [3.05, 3.63) is 64.4 Å². The fourth-order valence-corrected chi connectivity index (χ4v) is 3.62. The molecule has 0 atom stereocenters. The first-order valence-electron chi connectivity index (χ1n) is 6.79. The van der Waals surface area contributed by atoms with Gasteiger partial charge in [0.1, 0.15) is 10.9 Å². The topological polar surface area (TPSA) is 42.9 Å². The number of hydrogen-bond donors (Lipinski definition) is 0. The van der Waals surface area contributed by atoms with Crippen molar-refractivity contribution in [2.75, 3.05) is 5.75 Å². The fourth-order valence-electron chi connectivity index (χ4n) is 2.17. The van der Waals surface area contributed by atoms with E-state index in [4.69, 9.17) is 0 Å². The second-order valence-corrected chi connectivity index (χ2v) is 6.60. The van der Waals surface area contributed by atoms with Crippen molar-refractivity contribution < 1.29 is 4.79 Å². The van der Waals surface area contributed by atoms with Crippen molar-refractivity contribution in [3.8, 4) is 0 Å². The van der Waals surface area contributed by atoms with Gasteiger partial charge in [-0.2, -0.15) is 0 Å². The molecule has 2 aromatic carbocycles. The predicted octanol–water partition coefficient (Wildman–Crippen LogP) is 4.68. The number of para-hydroxylation sites is 1. The summed E-state index contributed by atoms with van der Waals surface area (Å²) in [6.07, 6.45) is 0. The molecule has 1 heterocycles. The summed E-state index contributed by atoms with van der Waals surface area (Å²) in [6.45, 7) is 1.87. The van der Waals surface area contributed by atoms with Crippen molar-refractivity contribution in [3.63, 3.8) is 0 Å². The molecule has 0 amide bonds. The van der Waals surface area contributed by atoms with Crippen molar-refractivity contribution in [1.29, 1.82) is 0 Å². The molecule has 110 valence electrons. The van der Waals surface area contributed by atoms with Gasteiger partial charge in [0.15, 0.2) is 5.78 Å². The smallest absolute Gasteiger partial charge is 0.174 e. The van der Waals surface area contributed by atoms with E-state index in [1.807, 2.05) is 55.5 Å². The highest BCUT2D eigenvalue weighted by Crippen LogP contribution is 2.27. The minimum atomic E-state index is 0.0813. The lowest BCUT2D eigenvalue weighted by atomic mass is 10.1. The Morgan fingerprint density at radius 1 is 1.09 bits per heavy atom. The van der Waals surface area contributed by atoms with Gasteiger partial charge in [-0.15, -0.1) is 0 Å². The second-order valence-electron chi connectivity index (χ2n) is 4.78. The molecular formula is C17H13BrN2OS. The number of carbonyl (C=O) groups is 1. The standard InChI is InChI=1S/C17H13BrN2OS/c1-11-19-15-9-5-3-7-13(15)17(20-11)22-10-16(21)12-6-2-4-8-14(12)18/h2-9H,10H2,1H3. The maximum atomic E-state index is 12.4. The van der Waals surface area contributed by atoms with E-state index in [0.717, 1.165) is 26.2 Å². The average Bonchev–Trinajstić information content (AvgIpc) is 2.52. The van der Waals surface area contributed by atoms with Crippen LogP contribution in [0, 0.1) is 6.92 Å². The van der Waals surface area contributed by atoms with Crippen LogP contribution in [0.1, 0.15) is 16.2 Å². The second kappa shape index (κ2) is 6.58. The molecule has 0 unspecified atom stereocenters. The van der Waals surface area contributed by atoms with Gasteiger partial charge in [-0.05, 0) is 19.1 Å². The third-order valence-corrected chi connectivity index (χ3v) is 4.88. The highest BCUT2D eigenvalue weighted by Gasteiger charge is 2.12. The molecule has 0 N–H and O–H groups in total. The Morgan fingerprint density at radius 3 is 2.64 bits per heavy atom. The molecule has 0 aliphatic carbocycles. The van der Waals surface area contributed by atoms with Gasteiger partial charge in [-0.1, -0.05) is 64.1 Å². The zero-order chi connectivity index (χ0) is 15.5. The van der Waals surface area contributed by atoms with E-state index < -0.39 is 0 Å². The number of halogens is 1. The molecule has 1 aromatic heterocycles. The summed E-state index contributed by atoms with van der Waals surface area (Å²) in [4.78, 5) is 21.3. The fraction of sp³-hybridized carbons (Fsp3) is 0.118. The van der Waals surface area contributed by atoms with Crippen LogP contribution in [0.5, 0.6) is 0 Å². The lowest BCUT2D eigenvalue weighted by Crippen LogP contribution is -2.04. The van der Waals surface area contributed by atoms with E-state index in [0.29, 0.717) is 11.3 Å². The summed E-state index contributed by atoms with van der Waals surface area (Å²) < 4.78 is 0.823. The highest BCUT2D eigenvalue weighted by molar-refractivity contribution is 9.10. The SMILES string of the molecule is Cc1nc(SCC(=O)c2ccccc2Br)c2ccccc2n1. The summed E-state index contributed by atoms with van der Waals surface area (Å²) in [7, 11) is 0. The number of fused-ring (bicyclic) bond motifs is 1. The van der Waals surface area contributed by atoms with Crippen LogP contribution in [0.15, 0.2) is 58.0 Å². The summed E-state index contributed by atoms with van der Waals surface area (Å²) in [5, 5.41) is 1.83. The van der Waals surface area contributed by atoms with Gasteiger partial charge in [0.2, 0.25) is 0 Å². The van der Waals surface area contributed by atoms with Crippen molar-refractivity contribution in [2.45, 2.75) is 11.9 Å². The first kappa shape index (κ1) is 15.2. The van der Waals surface area contributed by atoms with Crippen molar-refractivity contribution >= 4 is 44.4 Å². The maximum absolute atomic E-state index is 12.4. The van der Waals surface area contributed by atoms with Gasteiger partial charge in [0.05, 0.1) is 11.3 Å². The molecule has 3 aromatic rings. The molecule has 0 fully saturated rings. The molecule has 0 aliphatic rings.